The molecule has 3 heterocycles. The Kier molecular flexibility index (Phi) is 18.6. The number of amides is 1. The van der Waals surface area contributed by atoms with Crippen LogP contribution in [-0.4, -0.2) is 158 Å². The molecule has 0 aliphatic carbocycles. The van der Waals surface area contributed by atoms with Gasteiger partial charge in [-0.2, -0.15) is 0 Å². The summed E-state index contributed by atoms with van der Waals surface area (Å²) >= 11 is 0. The lowest BCUT2D eigenvalue weighted by Gasteiger charge is -2.50. The first kappa shape index (κ1) is 53.6. The molecule has 0 unspecified atom stereocenters. The molecule has 1 aromatic carbocycles. The predicted molar refractivity (Wildman–Crippen MR) is 235 cm³/mol. The van der Waals surface area contributed by atoms with Gasteiger partial charge in [0.25, 0.3) is 0 Å². The van der Waals surface area contributed by atoms with Gasteiger partial charge in [-0.3, -0.25) is 9.59 Å². The molecule has 0 spiro atoms. The van der Waals surface area contributed by atoms with E-state index in [4.69, 9.17) is 42.6 Å². The van der Waals surface area contributed by atoms with Gasteiger partial charge in [0, 0.05) is 51.0 Å². The smallest absolute Gasteiger partial charge is 0.407 e. The highest BCUT2D eigenvalue weighted by molar-refractivity contribution is 5.83. The van der Waals surface area contributed by atoms with Crippen LogP contribution in [0.2, 0.25) is 0 Å². The molecule has 0 bridgehead atoms. The van der Waals surface area contributed by atoms with E-state index in [2.05, 4.69) is 5.32 Å². The summed E-state index contributed by atoms with van der Waals surface area (Å²) in [7, 11) is 8.32. The minimum absolute atomic E-state index is 0.0523. The third kappa shape index (κ3) is 12.1. The number of benzene rings is 1. The van der Waals surface area contributed by atoms with Crippen molar-refractivity contribution >= 4 is 17.8 Å². The van der Waals surface area contributed by atoms with Crippen molar-refractivity contribution in [2.75, 3.05) is 35.4 Å². The summed E-state index contributed by atoms with van der Waals surface area (Å²) in [5.41, 5.74) is -3.62. The zero-order chi connectivity index (χ0) is 48.1. The van der Waals surface area contributed by atoms with Gasteiger partial charge >= 0.3 is 12.1 Å². The minimum atomic E-state index is -2.01. The maximum atomic E-state index is 14.5. The molecule has 0 saturated carbocycles. The third-order valence-corrected chi connectivity index (χ3v) is 14.1. The lowest BCUT2D eigenvalue weighted by molar-refractivity contribution is -0.319. The van der Waals surface area contributed by atoms with Gasteiger partial charge in [0.05, 0.1) is 49.1 Å². The zero-order valence-electron chi connectivity index (χ0n) is 40.7. The predicted octanol–water partition coefficient (Wildman–Crippen LogP) is 4.38. The number of hydrogen-bond acceptors (Lipinski definition) is 16. The standard InChI is InChI=1S/C47H78N2O15/c1-16-34-47(10,55)39(52)27(4)36(50)25(2)22-45(8,57-14)40(63-43-37(51)33(49(11)12)21-26(3)59-43)28(5)38(29(6)42(53)61-34)62-35-23-46(9,58-15)41(30(7)60-35)64-44(54)48-24-31-17-19-32(56-13)20-18-31/h17-20,25-30,33-35,37-41,43,51-52,55H,16,21-24H2,1-15H3,(H,48,54)/t25-,26-,27+,28+,29-,30+,33+,34-,35+,37-,38+,39-,40-,41+,43+,45+,46-,47-/m1/s1. The Balaban J connectivity index is 1.75. The number of aliphatic hydroxyl groups excluding tert-OH is 2. The number of nitrogens with zero attached hydrogens (tertiary/aromatic N) is 1. The Morgan fingerprint density at radius 3 is 2.05 bits per heavy atom. The Morgan fingerprint density at radius 1 is 0.875 bits per heavy atom. The van der Waals surface area contributed by atoms with E-state index in [0.717, 1.165) is 5.56 Å². The molecule has 366 valence electrons. The number of alkyl carbamates (subject to hydrolysis) is 1. The minimum Gasteiger partial charge on any atom is -0.497 e. The summed E-state index contributed by atoms with van der Waals surface area (Å²) in [4.78, 5) is 43.7. The topological polar surface area (TPSA) is 210 Å². The molecule has 4 N–H and O–H groups in total. The lowest BCUT2D eigenvalue weighted by atomic mass is 9.74. The number of rotatable bonds is 12. The highest BCUT2D eigenvalue weighted by Gasteiger charge is 2.55. The number of likely N-dealkylation sites (N-methyl/N-ethyl adjacent to an activating group) is 1. The Hall–Kier alpha value is -2.97. The molecule has 3 fully saturated rings. The highest BCUT2D eigenvalue weighted by atomic mass is 16.7. The number of carbonyl (C=O) groups is 3. The van der Waals surface area contributed by atoms with Crippen LogP contribution in [0.5, 0.6) is 5.75 Å². The number of esters is 1. The fraction of sp³-hybridized carbons (Fsp3) is 0.809. The second-order valence-corrected chi connectivity index (χ2v) is 19.2. The maximum absolute atomic E-state index is 14.5. The van der Waals surface area contributed by atoms with Gasteiger partial charge in [-0.05, 0) is 92.6 Å². The van der Waals surface area contributed by atoms with Crippen molar-refractivity contribution in [2.45, 2.75) is 186 Å². The maximum Gasteiger partial charge on any atom is 0.407 e. The number of nitrogens with one attached hydrogen (secondary N) is 1. The van der Waals surface area contributed by atoms with E-state index >= 15 is 0 Å². The van der Waals surface area contributed by atoms with E-state index in [9.17, 15) is 29.7 Å². The van der Waals surface area contributed by atoms with Crippen LogP contribution < -0.4 is 10.1 Å². The summed E-state index contributed by atoms with van der Waals surface area (Å²) in [6.07, 6.45) is -10.0. The lowest BCUT2D eigenvalue weighted by Crippen LogP contribution is -2.62. The van der Waals surface area contributed by atoms with Crippen LogP contribution in [0.25, 0.3) is 0 Å². The Labute approximate surface area is 380 Å². The molecule has 4 rings (SSSR count). The molecule has 1 aromatic rings. The van der Waals surface area contributed by atoms with Crippen molar-refractivity contribution in [3.05, 3.63) is 29.8 Å². The van der Waals surface area contributed by atoms with Crippen LogP contribution in [-0.2, 0) is 54.0 Å². The fourth-order valence-electron chi connectivity index (χ4n) is 9.87. The number of carbonyl (C=O) groups excluding carboxylic acids is 3. The quantitative estimate of drug-likeness (QED) is 0.215. The van der Waals surface area contributed by atoms with E-state index in [1.165, 1.54) is 21.1 Å². The van der Waals surface area contributed by atoms with Gasteiger partial charge in [-0.25, -0.2) is 4.79 Å². The summed E-state index contributed by atoms with van der Waals surface area (Å²) in [6.45, 7) is 17.2. The van der Waals surface area contributed by atoms with Crippen LogP contribution in [0.1, 0.15) is 100 Å². The fourth-order valence-corrected chi connectivity index (χ4v) is 9.87. The molecule has 17 heteroatoms. The van der Waals surface area contributed by atoms with Crippen LogP contribution in [0, 0.1) is 23.7 Å². The van der Waals surface area contributed by atoms with Crippen LogP contribution in [0.4, 0.5) is 4.79 Å². The van der Waals surface area contributed by atoms with E-state index in [-0.39, 0.29) is 43.7 Å². The van der Waals surface area contributed by atoms with Gasteiger partial charge in [-0.15, -0.1) is 0 Å². The first-order valence-electron chi connectivity index (χ1n) is 22.7. The SMILES string of the molecule is CC[C@H]1OC(=O)[C@H](C)[C@@H](O[C@H]2C[C@@](C)(OC)[C@@H](OC(=O)NCc3ccc(OC)cc3)[C@H](C)O2)[C@H](C)[C@@H](O[C@@H]2O[C@H](C)C[C@H](N(C)C)[C@H]2O)[C@@](C)(OC)C[C@@H](C)C(=O)[C@H](C)[C@@H](O)[C@]1(C)O. The molecule has 18 atom stereocenters. The van der Waals surface area contributed by atoms with E-state index in [0.29, 0.717) is 12.2 Å². The largest absolute Gasteiger partial charge is 0.497 e. The Morgan fingerprint density at radius 2 is 1.48 bits per heavy atom. The van der Waals surface area contributed by atoms with Crippen molar-refractivity contribution in [2.24, 2.45) is 23.7 Å². The molecular weight excluding hydrogens is 833 g/mol. The third-order valence-electron chi connectivity index (χ3n) is 14.1. The highest BCUT2D eigenvalue weighted by Crippen LogP contribution is 2.42. The molecule has 17 nitrogen and oxygen atoms in total. The van der Waals surface area contributed by atoms with Crippen molar-refractivity contribution in [3.8, 4) is 5.75 Å². The number of ether oxygens (including phenoxy) is 9. The summed E-state index contributed by atoms with van der Waals surface area (Å²) < 4.78 is 56.1. The molecule has 0 aromatic heterocycles. The summed E-state index contributed by atoms with van der Waals surface area (Å²) in [5, 5.41) is 37.9. The number of hydrogen-bond donors (Lipinski definition) is 4. The number of cyclic esters (lactones) is 1. The van der Waals surface area contributed by atoms with Crippen molar-refractivity contribution in [1.29, 1.82) is 0 Å². The second-order valence-electron chi connectivity index (χ2n) is 19.2. The molecule has 1 amide bonds. The van der Waals surface area contributed by atoms with E-state index in [1.807, 2.05) is 45.0 Å². The van der Waals surface area contributed by atoms with E-state index in [1.54, 1.807) is 67.7 Å². The number of ketones is 1. The van der Waals surface area contributed by atoms with Crippen LogP contribution in [0.3, 0.4) is 0 Å². The first-order valence-corrected chi connectivity index (χ1v) is 22.7. The molecule has 3 aliphatic rings. The van der Waals surface area contributed by atoms with Gasteiger partial charge in [0.1, 0.15) is 34.9 Å². The van der Waals surface area contributed by atoms with E-state index < -0.39 is 108 Å². The van der Waals surface area contributed by atoms with Gasteiger partial charge in [0.2, 0.25) is 0 Å². The van der Waals surface area contributed by atoms with Crippen molar-refractivity contribution in [1.82, 2.24) is 10.2 Å². The van der Waals surface area contributed by atoms with Gasteiger partial charge in [-0.1, -0.05) is 39.8 Å². The monoisotopic (exact) mass is 911 g/mol. The summed E-state index contributed by atoms with van der Waals surface area (Å²) in [5.74, 6) is -4.03. The van der Waals surface area contributed by atoms with Crippen molar-refractivity contribution in [3.63, 3.8) is 0 Å². The molecule has 3 saturated heterocycles. The second kappa shape index (κ2) is 22.2. The van der Waals surface area contributed by atoms with Gasteiger partial charge in [0.15, 0.2) is 18.7 Å². The molecule has 0 radical (unpaired) electrons. The van der Waals surface area contributed by atoms with Crippen molar-refractivity contribution < 1.29 is 72.3 Å². The Bertz CT molecular complexity index is 1680. The van der Waals surface area contributed by atoms with Crippen LogP contribution >= 0.6 is 0 Å². The average Bonchev–Trinajstić information content (AvgIpc) is 3.26. The van der Waals surface area contributed by atoms with Crippen LogP contribution in [0.15, 0.2) is 24.3 Å². The normalized spacial score (nSPS) is 41.8. The number of Topliss-reactive ketones (excluding diaryl/α,β-unsaturated/α-hetero) is 1. The zero-order valence-corrected chi connectivity index (χ0v) is 40.7. The number of aliphatic hydroxyl groups is 3. The number of methoxy groups -OCH3 is 3. The van der Waals surface area contributed by atoms with Gasteiger partial charge < -0.3 is 68.2 Å². The molecule has 64 heavy (non-hydrogen) atoms. The molecule has 3 aliphatic heterocycles. The first-order chi connectivity index (χ1) is 29.9. The summed E-state index contributed by atoms with van der Waals surface area (Å²) in [6, 6.07) is 6.94. The molecular formula is C47H78N2O15. The average molecular weight is 911 g/mol.